The minimum Gasteiger partial charge on any atom is -0.388 e. The van der Waals surface area contributed by atoms with Crippen LogP contribution >= 0.6 is 34.8 Å². The summed E-state index contributed by atoms with van der Waals surface area (Å²) in [7, 11) is 0. The number of rotatable bonds is 3. The number of aliphatic hydroxyl groups is 1. The molecule has 0 saturated heterocycles. The van der Waals surface area contributed by atoms with Crippen LogP contribution in [-0.4, -0.2) is 28.5 Å². The zero-order valence-corrected chi connectivity index (χ0v) is 14.9. The highest BCUT2D eigenvalue weighted by Crippen LogP contribution is 2.46. The largest absolute Gasteiger partial charge is 0.388 e. The number of aromatic nitrogens is 1. The van der Waals surface area contributed by atoms with E-state index < -0.39 is 12.4 Å². The lowest BCUT2D eigenvalue weighted by atomic mass is 10.00. The number of benzene rings is 1. The fourth-order valence-corrected chi connectivity index (χ4v) is 3.57. The van der Waals surface area contributed by atoms with Crippen molar-refractivity contribution in [3.05, 3.63) is 56.8 Å². The summed E-state index contributed by atoms with van der Waals surface area (Å²) in [6.07, 6.45) is 5.07. The number of carbonyl (C=O) groups is 1. The monoisotopic (exact) mass is 382 g/mol. The number of pyridine rings is 1. The quantitative estimate of drug-likeness (QED) is 0.776. The van der Waals surface area contributed by atoms with Crippen LogP contribution in [0.5, 0.6) is 0 Å². The number of Topliss-reactive ketones (excluding diaryl/α,β-unsaturated/α-hetero) is 1. The summed E-state index contributed by atoms with van der Waals surface area (Å²) >= 11 is 19.1. The van der Waals surface area contributed by atoms with Gasteiger partial charge in [-0.1, -0.05) is 53.0 Å². The van der Waals surface area contributed by atoms with E-state index in [-0.39, 0.29) is 11.7 Å². The number of carbonyl (C=O) groups excluding carboxylic acids is 1. The maximum atomic E-state index is 12.0. The molecule has 3 rings (SSSR count). The standard InChI is InChI=1S/C17H13Cl3N2O2/c1-9-5-6-10-15(14(24)8-23)21-7-13(20)16(10)22(9)17-11(18)3-2-4-12(17)19/h2-7,9,23H,8H2,1H3. The number of para-hydroxylation sites is 1. The molecule has 1 N–H and O–H groups in total. The zero-order chi connectivity index (χ0) is 17.4. The van der Waals surface area contributed by atoms with Gasteiger partial charge in [-0.15, -0.1) is 0 Å². The summed E-state index contributed by atoms with van der Waals surface area (Å²) in [6, 6.07) is 5.14. The summed E-state index contributed by atoms with van der Waals surface area (Å²) in [4.78, 5) is 17.9. The first-order valence-corrected chi connectivity index (χ1v) is 8.33. The molecule has 1 aromatic carbocycles. The van der Waals surface area contributed by atoms with E-state index in [1.54, 1.807) is 24.3 Å². The molecule has 1 aliphatic heterocycles. The Bertz CT molecular complexity index is 832. The van der Waals surface area contributed by atoms with Gasteiger partial charge in [0.15, 0.2) is 0 Å². The number of nitrogens with zero attached hydrogens (tertiary/aromatic N) is 2. The molecule has 0 aliphatic carbocycles. The van der Waals surface area contributed by atoms with E-state index in [9.17, 15) is 9.90 Å². The molecule has 2 heterocycles. The fourth-order valence-electron chi connectivity index (χ4n) is 2.75. The van der Waals surface area contributed by atoms with E-state index in [1.807, 2.05) is 17.9 Å². The first kappa shape index (κ1) is 17.2. The van der Waals surface area contributed by atoms with Gasteiger partial charge in [-0.3, -0.25) is 9.78 Å². The van der Waals surface area contributed by atoms with Crippen molar-refractivity contribution in [2.24, 2.45) is 0 Å². The van der Waals surface area contributed by atoms with Crippen LogP contribution in [0.2, 0.25) is 15.1 Å². The van der Waals surface area contributed by atoms with E-state index >= 15 is 0 Å². The van der Waals surface area contributed by atoms with Gasteiger partial charge in [-0.05, 0) is 19.1 Å². The zero-order valence-electron chi connectivity index (χ0n) is 12.6. The Morgan fingerprint density at radius 1 is 1.21 bits per heavy atom. The number of anilines is 2. The molecule has 2 aromatic rings. The second-order valence-electron chi connectivity index (χ2n) is 5.34. The molecule has 1 atom stereocenters. The van der Waals surface area contributed by atoms with Crippen LogP contribution in [0.3, 0.4) is 0 Å². The molecule has 24 heavy (non-hydrogen) atoms. The van der Waals surface area contributed by atoms with Gasteiger partial charge >= 0.3 is 0 Å². The van der Waals surface area contributed by atoms with Crippen LogP contribution in [0.4, 0.5) is 11.4 Å². The lowest BCUT2D eigenvalue weighted by Gasteiger charge is -2.36. The highest BCUT2D eigenvalue weighted by molar-refractivity contribution is 6.40. The molecule has 4 nitrogen and oxygen atoms in total. The van der Waals surface area contributed by atoms with Gasteiger partial charge in [0.05, 0.1) is 26.4 Å². The number of ketones is 1. The van der Waals surface area contributed by atoms with E-state index in [1.165, 1.54) is 6.20 Å². The minimum atomic E-state index is -0.628. The van der Waals surface area contributed by atoms with Gasteiger partial charge in [-0.2, -0.15) is 0 Å². The second kappa shape index (κ2) is 6.73. The normalized spacial score (nSPS) is 16.2. The number of fused-ring (bicyclic) bond motifs is 1. The van der Waals surface area contributed by atoms with Crippen molar-refractivity contribution >= 4 is 58.0 Å². The molecule has 0 fully saturated rings. The van der Waals surface area contributed by atoms with Crippen LogP contribution < -0.4 is 4.90 Å². The summed E-state index contributed by atoms with van der Waals surface area (Å²) < 4.78 is 0. The molecule has 0 radical (unpaired) electrons. The van der Waals surface area contributed by atoms with Crippen LogP contribution in [0.1, 0.15) is 23.0 Å². The highest BCUT2D eigenvalue weighted by atomic mass is 35.5. The molecule has 1 aromatic heterocycles. The molecule has 0 bridgehead atoms. The van der Waals surface area contributed by atoms with Crippen molar-refractivity contribution in [1.29, 1.82) is 0 Å². The van der Waals surface area contributed by atoms with Crippen molar-refractivity contribution in [3.8, 4) is 0 Å². The number of halogens is 3. The van der Waals surface area contributed by atoms with Crippen LogP contribution in [-0.2, 0) is 0 Å². The van der Waals surface area contributed by atoms with E-state index in [0.717, 1.165) is 0 Å². The minimum absolute atomic E-state index is 0.0909. The van der Waals surface area contributed by atoms with Gasteiger partial charge in [0.2, 0.25) is 5.78 Å². The van der Waals surface area contributed by atoms with Gasteiger partial charge in [0.25, 0.3) is 0 Å². The Morgan fingerprint density at radius 2 is 1.88 bits per heavy atom. The fraction of sp³-hybridized carbons (Fsp3) is 0.176. The summed E-state index contributed by atoms with van der Waals surface area (Å²) in [5.41, 5.74) is 1.90. The Hall–Kier alpha value is -1.59. The average Bonchev–Trinajstić information content (AvgIpc) is 2.56. The van der Waals surface area contributed by atoms with Crippen LogP contribution in [0.25, 0.3) is 6.08 Å². The molecular weight excluding hydrogens is 371 g/mol. The molecular formula is C17H13Cl3N2O2. The third-order valence-electron chi connectivity index (χ3n) is 3.82. The number of hydrogen-bond acceptors (Lipinski definition) is 4. The van der Waals surface area contributed by atoms with Crippen molar-refractivity contribution in [3.63, 3.8) is 0 Å². The van der Waals surface area contributed by atoms with Gasteiger partial charge in [0, 0.05) is 17.8 Å². The maximum Gasteiger partial charge on any atom is 0.207 e. The lowest BCUT2D eigenvalue weighted by molar-refractivity contribution is 0.0898. The number of hydrogen-bond donors (Lipinski definition) is 1. The Labute approximate surface area is 154 Å². The maximum absolute atomic E-state index is 12.0. The summed E-state index contributed by atoms with van der Waals surface area (Å²) in [5.74, 6) is -0.479. The average molecular weight is 384 g/mol. The Morgan fingerprint density at radius 3 is 2.50 bits per heavy atom. The Kier molecular flexibility index (Phi) is 4.83. The Balaban J connectivity index is 2.30. The topological polar surface area (TPSA) is 53.4 Å². The molecule has 0 saturated carbocycles. The van der Waals surface area contributed by atoms with Crippen LogP contribution in [0.15, 0.2) is 30.5 Å². The van der Waals surface area contributed by atoms with E-state index in [4.69, 9.17) is 34.8 Å². The molecule has 7 heteroatoms. The van der Waals surface area contributed by atoms with Crippen molar-refractivity contribution in [2.45, 2.75) is 13.0 Å². The number of aliphatic hydroxyl groups excluding tert-OH is 1. The first-order valence-electron chi connectivity index (χ1n) is 7.19. The van der Waals surface area contributed by atoms with Gasteiger partial charge in [0.1, 0.15) is 12.3 Å². The lowest BCUT2D eigenvalue weighted by Crippen LogP contribution is -2.31. The summed E-state index contributed by atoms with van der Waals surface area (Å²) in [5, 5.41) is 10.5. The molecule has 0 spiro atoms. The predicted octanol–water partition coefficient (Wildman–Crippen LogP) is 4.77. The molecule has 124 valence electrons. The summed E-state index contributed by atoms with van der Waals surface area (Å²) in [6.45, 7) is 1.33. The SMILES string of the molecule is CC1C=Cc2c(C(=O)CO)ncc(Cl)c2N1c1c(Cl)cccc1Cl. The molecule has 0 amide bonds. The van der Waals surface area contributed by atoms with Crippen molar-refractivity contribution in [1.82, 2.24) is 4.98 Å². The smallest absolute Gasteiger partial charge is 0.207 e. The van der Waals surface area contributed by atoms with E-state index in [2.05, 4.69) is 4.98 Å². The van der Waals surface area contributed by atoms with Gasteiger partial charge in [-0.25, -0.2) is 0 Å². The van der Waals surface area contributed by atoms with E-state index in [0.29, 0.717) is 32.0 Å². The van der Waals surface area contributed by atoms with Crippen LogP contribution in [0, 0.1) is 0 Å². The molecule has 1 aliphatic rings. The predicted molar refractivity (Wildman–Crippen MR) is 97.8 cm³/mol. The highest BCUT2D eigenvalue weighted by Gasteiger charge is 2.30. The van der Waals surface area contributed by atoms with Crippen molar-refractivity contribution in [2.75, 3.05) is 11.5 Å². The second-order valence-corrected chi connectivity index (χ2v) is 6.56. The third-order valence-corrected chi connectivity index (χ3v) is 4.71. The van der Waals surface area contributed by atoms with Gasteiger partial charge < -0.3 is 10.0 Å². The first-order chi connectivity index (χ1) is 11.5. The molecule has 1 unspecified atom stereocenters. The third kappa shape index (κ3) is 2.80. The van der Waals surface area contributed by atoms with Crippen molar-refractivity contribution < 1.29 is 9.90 Å².